The van der Waals surface area contributed by atoms with E-state index in [0.29, 0.717) is 47.5 Å². The minimum Gasteiger partial charge on any atom is -0.469 e. The lowest BCUT2D eigenvalue weighted by Gasteiger charge is -2.62. The molecule has 10 atom stereocenters. The van der Waals surface area contributed by atoms with Crippen molar-refractivity contribution >= 4 is 11.9 Å². The smallest absolute Gasteiger partial charge is 0.338 e. The number of carbonyl (C=O) groups excluding carboxylic acids is 2. The third-order valence-electron chi connectivity index (χ3n) is 12.6. The second-order valence-corrected chi connectivity index (χ2v) is 14.3. The van der Waals surface area contributed by atoms with Gasteiger partial charge in [0.05, 0.1) is 18.8 Å². The van der Waals surface area contributed by atoms with Crippen molar-refractivity contribution in [2.24, 2.45) is 46.3 Å². The third-order valence-corrected chi connectivity index (χ3v) is 12.6. The molecule has 4 saturated carbocycles. The summed E-state index contributed by atoms with van der Waals surface area (Å²) in [5.41, 5.74) is 1.38. The highest BCUT2D eigenvalue weighted by Gasteiger charge is 2.63. The van der Waals surface area contributed by atoms with E-state index in [1.807, 2.05) is 12.1 Å². The topological polar surface area (TPSA) is 91.3 Å². The molecular weight excluding hydrogens is 532 g/mol. The van der Waals surface area contributed by atoms with Crippen molar-refractivity contribution in [1.82, 2.24) is 0 Å². The lowest BCUT2D eigenvalue weighted by atomic mass is 9.43. The molecule has 1 aromatic carbocycles. The number of hydrogen-bond acceptors (Lipinski definition) is 7. The zero-order valence-electron chi connectivity index (χ0n) is 26.5. The monoisotopic (exact) mass is 584 g/mol. The molecule has 0 unspecified atom stereocenters. The number of benzene rings is 1. The van der Waals surface area contributed by atoms with Crippen molar-refractivity contribution in [3.63, 3.8) is 0 Å². The van der Waals surface area contributed by atoms with Crippen molar-refractivity contribution in [2.45, 2.75) is 103 Å². The second-order valence-electron chi connectivity index (χ2n) is 14.3. The van der Waals surface area contributed by atoms with Crippen LogP contribution in [0.2, 0.25) is 0 Å². The van der Waals surface area contributed by atoms with E-state index < -0.39 is 6.29 Å². The molecular formula is C35H52O7. The Kier molecular flexibility index (Phi) is 9.42. The average Bonchev–Trinajstić information content (AvgIpc) is 3.36. The van der Waals surface area contributed by atoms with Crippen LogP contribution in [0.4, 0.5) is 0 Å². The zero-order valence-corrected chi connectivity index (χ0v) is 26.5. The SMILES string of the molecule is COC(=O)CC[C@@H](C)[C@H]1CC[C@H]2[C@@H]3CC[C@@H]4C[C@H](OC(=O)c5cccc(C(OC)OC)c5)CC[C@]4(C)[C@H]3C[C@H](O)[C@]12C. The third kappa shape index (κ3) is 5.54. The molecule has 0 radical (unpaired) electrons. The largest absolute Gasteiger partial charge is 0.469 e. The number of carbonyl (C=O) groups is 2. The van der Waals surface area contributed by atoms with Gasteiger partial charge >= 0.3 is 11.9 Å². The van der Waals surface area contributed by atoms with Gasteiger partial charge in [-0.05, 0) is 116 Å². The molecule has 0 saturated heterocycles. The van der Waals surface area contributed by atoms with E-state index in [1.165, 1.54) is 20.0 Å². The van der Waals surface area contributed by atoms with Crippen LogP contribution in [-0.4, -0.2) is 50.6 Å². The molecule has 0 aromatic heterocycles. The van der Waals surface area contributed by atoms with Gasteiger partial charge in [0.2, 0.25) is 0 Å². The Morgan fingerprint density at radius 2 is 1.76 bits per heavy atom. The number of aliphatic hydroxyl groups excluding tert-OH is 1. The minimum atomic E-state index is -0.519. The maximum atomic E-state index is 13.2. The summed E-state index contributed by atoms with van der Waals surface area (Å²) >= 11 is 0. The number of fused-ring (bicyclic) bond motifs is 5. The minimum absolute atomic E-state index is 0.0817. The van der Waals surface area contributed by atoms with Crippen LogP contribution in [-0.2, 0) is 23.7 Å². The van der Waals surface area contributed by atoms with Crippen LogP contribution < -0.4 is 0 Å². The fourth-order valence-corrected chi connectivity index (χ4v) is 10.3. The van der Waals surface area contributed by atoms with Gasteiger partial charge in [0, 0.05) is 26.2 Å². The molecule has 4 fully saturated rings. The lowest BCUT2D eigenvalue weighted by Crippen LogP contribution is -2.59. The zero-order chi connectivity index (χ0) is 30.2. The molecule has 42 heavy (non-hydrogen) atoms. The first-order valence-corrected chi connectivity index (χ1v) is 16.2. The van der Waals surface area contributed by atoms with E-state index in [-0.39, 0.29) is 35.0 Å². The highest BCUT2D eigenvalue weighted by molar-refractivity contribution is 5.89. The van der Waals surface area contributed by atoms with Gasteiger partial charge in [-0.15, -0.1) is 0 Å². The van der Waals surface area contributed by atoms with Gasteiger partial charge in [-0.1, -0.05) is 32.9 Å². The first-order chi connectivity index (χ1) is 20.1. The molecule has 4 aliphatic carbocycles. The Labute approximate surface area is 252 Å². The fraction of sp³-hybridized carbons (Fsp3) is 0.771. The molecule has 7 heteroatoms. The van der Waals surface area contributed by atoms with Gasteiger partial charge < -0.3 is 24.1 Å². The van der Waals surface area contributed by atoms with Crippen LogP contribution >= 0.6 is 0 Å². The quantitative estimate of drug-likeness (QED) is 0.254. The van der Waals surface area contributed by atoms with Crippen LogP contribution in [0.15, 0.2) is 24.3 Å². The van der Waals surface area contributed by atoms with Crippen LogP contribution in [0.3, 0.4) is 0 Å². The van der Waals surface area contributed by atoms with Gasteiger partial charge in [-0.25, -0.2) is 4.79 Å². The van der Waals surface area contributed by atoms with Gasteiger partial charge in [-0.2, -0.15) is 0 Å². The van der Waals surface area contributed by atoms with Crippen molar-refractivity contribution in [2.75, 3.05) is 21.3 Å². The van der Waals surface area contributed by atoms with E-state index >= 15 is 0 Å². The Morgan fingerprint density at radius 3 is 2.48 bits per heavy atom. The summed E-state index contributed by atoms with van der Waals surface area (Å²) < 4.78 is 21.7. The highest BCUT2D eigenvalue weighted by Crippen LogP contribution is 2.68. The molecule has 1 aromatic rings. The summed E-state index contributed by atoms with van der Waals surface area (Å²) in [6.45, 7) is 7.09. The molecule has 1 N–H and O–H groups in total. The summed E-state index contributed by atoms with van der Waals surface area (Å²) in [6, 6.07) is 7.31. The van der Waals surface area contributed by atoms with Crippen molar-refractivity contribution < 1.29 is 33.6 Å². The number of aliphatic hydroxyl groups is 1. The number of rotatable bonds is 9. The van der Waals surface area contributed by atoms with Gasteiger partial charge in [-0.3, -0.25) is 4.79 Å². The Hall–Kier alpha value is -1.96. The molecule has 0 heterocycles. The number of methoxy groups -OCH3 is 3. The summed E-state index contributed by atoms with van der Waals surface area (Å²) in [6.07, 6.45) is 8.68. The van der Waals surface area contributed by atoms with E-state index in [9.17, 15) is 14.7 Å². The van der Waals surface area contributed by atoms with E-state index in [2.05, 4.69) is 20.8 Å². The molecule has 0 aliphatic heterocycles. The number of esters is 2. The molecule has 5 rings (SSSR count). The summed E-state index contributed by atoms with van der Waals surface area (Å²) in [5, 5.41) is 11.8. The van der Waals surface area contributed by atoms with Crippen LogP contribution in [0.5, 0.6) is 0 Å². The maximum Gasteiger partial charge on any atom is 0.338 e. The summed E-state index contributed by atoms with van der Waals surface area (Å²) in [7, 11) is 4.62. The second kappa shape index (κ2) is 12.6. The lowest BCUT2D eigenvalue weighted by molar-refractivity contribution is -0.175. The van der Waals surface area contributed by atoms with Gasteiger partial charge in [0.25, 0.3) is 0 Å². The molecule has 234 valence electrons. The summed E-state index contributed by atoms with van der Waals surface area (Å²) in [5.74, 6) is 2.56. The van der Waals surface area contributed by atoms with Gasteiger partial charge in [0.15, 0.2) is 6.29 Å². The molecule has 0 spiro atoms. The number of ether oxygens (including phenoxy) is 4. The Morgan fingerprint density at radius 1 is 1.00 bits per heavy atom. The summed E-state index contributed by atoms with van der Waals surface area (Å²) in [4.78, 5) is 25.0. The fourth-order valence-electron chi connectivity index (χ4n) is 10.3. The molecule has 0 bridgehead atoms. The van der Waals surface area contributed by atoms with E-state index in [4.69, 9.17) is 18.9 Å². The Bertz CT molecular complexity index is 1120. The van der Waals surface area contributed by atoms with Crippen LogP contribution in [0.1, 0.15) is 107 Å². The molecule has 4 aliphatic rings. The van der Waals surface area contributed by atoms with Crippen LogP contribution in [0, 0.1) is 46.3 Å². The van der Waals surface area contributed by atoms with Crippen molar-refractivity contribution in [1.29, 1.82) is 0 Å². The first kappa shape index (κ1) is 31.5. The molecule has 0 amide bonds. The molecule has 7 nitrogen and oxygen atoms in total. The Balaban J connectivity index is 1.24. The van der Waals surface area contributed by atoms with Crippen molar-refractivity contribution in [3.05, 3.63) is 35.4 Å². The average molecular weight is 585 g/mol. The van der Waals surface area contributed by atoms with Gasteiger partial charge in [0.1, 0.15) is 6.10 Å². The standard InChI is InChI=1S/C35H52O7/c1-21(10-15-31(37)39-4)27-13-14-28-26-12-11-24-19-25(16-17-34(24,2)29(26)20-30(36)35(27,28)3)42-32(38)22-8-7-9-23(18-22)33(40-5)41-6/h7-9,18,21,24-30,33,36H,10-17,19-20H2,1-6H3/t21-,24-,25-,26+,27-,28+,29+,30+,34+,35-/m1/s1. The highest BCUT2D eigenvalue weighted by atomic mass is 16.7. The predicted octanol–water partition coefficient (Wildman–Crippen LogP) is 6.72. The normalized spacial score (nSPS) is 38.2. The van der Waals surface area contributed by atoms with E-state index in [1.54, 1.807) is 26.4 Å². The first-order valence-electron chi connectivity index (χ1n) is 16.2. The van der Waals surface area contributed by atoms with Crippen LogP contribution in [0.25, 0.3) is 0 Å². The number of hydrogen-bond donors (Lipinski definition) is 1. The van der Waals surface area contributed by atoms with E-state index in [0.717, 1.165) is 50.5 Å². The maximum absolute atomic E-state index is 13.2. The van der Waals surface area contributed by atoms with Crippen molar-refractivity contribution in [3.8, 4) is 0 Å². The predicted molar refractivity (Wildman–Crippen MR) is 159 cm³/mol.